The summed E-state index contributed by atoms with van der Waals surface area (Å²) in [5.74, 6) is 2.01. The van der Waals surface area contributed by atoms with Crippen molar-refractivity contribution in [3.63, 3.8) is 0 Å². The second-order valence-corrected chi connectivity index (χ2v) is 7.04. The van der Waals surface area contributed by atoms with Gasteiger partial charge in [-0.1, -0.05) is 33.8 Å². The Morgan fingerprint density at radius 1 is 1.29 bits per heavy atom. The summed E-state index contributed by atoms with van der Waals surface area (Å²) < 4.78 is 10.6. The maximum atomic E-state index is 12.0. The zero-order chi connectivity index (χ0) is 15.5. The minimum atomic E-state index is 0.101. The molecule has 2 rings (SSSR count). The number of carbonyl (C=O) groups is 1. The number of benzene rings is 1. The van der Waals surface area contributed by atoms with Crippen molar-refractivity contribution in [2.75, 3.05) is 6.79 Å². The monoisotopic (exact) mass is 291 g/mol. The molecule has 0 aromatic heterocycles. The maximum Gasteiger partial charge on any atom is 0.231 e. The van der Waals surface area contributed by atoms with Gasteiger partial charge in [-0.25, -0.2) is 0 Å². The van der Waals surface area contributed by atoms with Crippen LogP contribution >= 0.6 is 0 Å². The van der Waals surface area contributed by atoms with Crippen molar-refractivity contribution in [1.82, 2.24) is 5.32 Å². The van der Waals surface area contributed by atoms with Crippen molar-refractivity contribution >= 4 is 5.91 Å². The summed E-state index contributed by atoms with van der Waals surface area (Å²) in [5, 5.41) is 2.97. The highest BCUT2D eigenvalue weighted by molar-refractivity contribution is 5.76. The summed E-state index contributed by atoms with van der Waals surface area (Å²) in [7, 11) is 0. The van der Waals surface area contributed by atoms with Crippen LogP contribution in [0.2, 0.25) is 0 Å². The van der Waals surface area contributed by atoms with Gasteiger partial charge in [-0.3, -0.25) is 4.79 Å². The predicted octanol–water partition coefficient (Wildman–Crippen LogP) is 3.49. The molecule has 1 unspecified atom stereocenters. The Morgan fingerprint density at radius 2 is 2.00 bits per heavy atom. The van der Waals surface area contributed by atoms with Crippen molar-refractivity contribution in [1.29, 1.82) is 0 Å². The Morgan fingerprint density at radius 3 is 2.71 bits per heavy atom. The van der Waals surface area contributed by atoms with Crippen LogP contribution in [0, 0.1) is 11.3 Å². The van der Waals surface area contributed by atoms with Gasteiger partial charge < -0.3 is 14.8 Å². The molecule has 4 nitrogen and oxygen atoms in total. The summed E-state index contributed by atoms with van der Waals surface area (Å²) in [6, 6.07) is 5.75. The van der Waals surface area contributed by atoms with E-state index in [0.717, 1.165) is 23.5 Å². The number of nitrogens with one attached hydrogen (secondary N) is 1. The fraction of sp³-hybridized carbons (Fsp3) is 0.588. The average Bonchev–Trinajstić information content (AvgIpc) is 2.81. The Balaban J connectivity index is 1.79. The minimum absolute atomic E-state index is 0.101. The lowest BCUT2D eigenvalue weighted by Gasteiger charge is -2.22. The third-order valence-corrected chi connectivity index (χ3v) is 3.42. The van der Waals surface area contributed by atoms with Crippen molar-refractivity contribution in [3.05, 3.63) is 23.8 Å². The van der Waals surface area contributed by atoms with Gasteiger partial charge in [0, 0.05) is 13.0 Å². The summed E-state index contributed by atoms with van der Waals surface area (Å²) in [6.07, 6.45) is 1.62. The molecule has 4 heteroatoms. The molecule has 1 aromatic rings. The van der Waals surface area contributed by atoms with Crippen LogP contribution in [0.25, 0.3) is 0 Å². The first-order valence-corrected chi connectivity index (χ1v) is 7.49. The van der Waals surface area contributed by atoms with Gasteiger partial charge in [0.15, 0.2) is 11.5 Å². The van der Waals surface area contributed by atoms with Gasteiger partial charge in [-0.05, 0) is 35.4 Å². The SMILES string of the molecule is CC(CC(=O)NCc1ccc2c(c1)OCO2)CC(C)(C)C. The number of hydrogen-bond donors (Lipinski definition) is 1. The standard InChI is InChI=1S/C17H25NO3/c1-12(9-17(2,3)4)7-16(19)18-10-13-5-6-14-15(8-13)21-11-20-14/h5-6,8,12H,7,9-11H2,1-4H3,(H,18,19). The highest BCUT2D eigenvalue weighted by Crippen LogP contribution is 2.32. The summed E-state index contributed by atoms with van der Waals surface area (Å²) in [5.41, 5.74) is 1.29. The van der Waals surface area contributed by atoms with Crippen molar-refractivity contribution in [3.8, 4) is 11.5 Å². The van der Waals surface area contributed by atoms with E-state index in [-0.39, 0.29) is 18.1 Å². The van der Waals surface area contributed by atoms with Gasteiger partial charge in [0.1, 0.15) is 0 Å². The van der Waals surface area contributed by atoms with E-state index in [1.807, 2.05) is 18.2 Å². The second-order valence-electron chi connectivity index (χ2n) is 7.04. The molecule has 0 spiro atoms. The molecule has 0 radical (unpaired) electrons. The molecule has 21 heavy (non-hydrogen) atoms. The highest BCUT2D eigenvalue weighted by atomic mass is 16.7. The van der Waals surface area contributed by atoms with Gasteiger partial charge in [0.2, 0.25) is 12.7 Å². The lowest BCUT2D eigenvalue weighted by atomic mass is 9.84. The molecule has 0 saturated carbocycles. The molecule has 0 bridgehead atoms. The number of carbonyl (C=O) groups excluding carboxylic acids is 1. The van der Waals surface area contributed by atoms with E-state index in [9.17, 15) is 4.79 Å². The molecule has 1 amide bonds. The van der Waals surface area contributed by atoms with Crippen molar-refractivity contribution in [2.45, 2.75) is 47.1 Å². The zero-order valence-corrected chi connectivity index (χ0v) is 13.4. The third-order valence-electron chi connectivity index (χ3n) is 3.42. The zero-order valence-electron chi connectivity index (χ0n) is 13.4. The normalized spacial score (nSPS) is 14.9. The van der Waals surface area contributed by atoms with Crippen molar-refractivity contribution in [2.24, 2.45) is 11.3 Å². The highest BCUT2D eigenvalue weighted by Gasteiger charge is 2.18. The molecule has 1 aromatic carbocycles. The minimum Gasteiger partial charge on any atom is -0.454 e. The average molecular weight is 291 g/mol. The molecule has 1 atom stereocenters. The Hall–Kier alpha value is -1.71. The largest absolute Gasteiger partial charge is 0.454 e. The van der Waals surface area contributed by atoms with Crippen LogP contribution in [0.3, 0.4) is 0 Å². The quantitative estimate of drug-likeness (QED) is 0.903. The summed E-state index contributed by atoms with van der Waals surface area (Å²) in [4.78, 5) is 12.0. The Kier molecular flexibility index (Phi) is 4.76. The number of rotatable bonds is 5. The van der Waals surface area contributed by atoms with Crippen LogP contribution in [0.1, 0.15) is 46.1 Å². The maximum absolute atomic E-state index is 12.0. The van der Waals surface area contributed by atoms with Crippen molar-refractivity contribution < 1.29 is 14.3 Å². The first-order valence-electron chi connectivity index (χ1n) is 7.49. The van der Waals surface area contributed by atoms with Crippen LogP contribution in [0.15, 0.2) is 18.2 Å². The van der Waals surface area contributed by atoms with Gasteiger partial charge in [-0.15, -0.1) is 0 Å². The van der Waals surface area contributed by atoms with E-state index in [0.29, 0.717) is 18.9 Å². The van der Waals surface area contributed by atoms with E-state index in [1.165, 1.54) is 0 Å². The van der Waals surface area contributed by atoms with Gasteiger partial charge in [0.25, 0.3) is 0 Å². The smallest absolute Gasteiger partial charge is 0.231 e. The van der Waals surface area contributed by atoms with Crippen LogP contribution in [-0.2, 0) is 11.3 Å². The second kappa shape index (κ2) is 6.37. The molecule has 1 aliphatic rings. The van der Waals surface area contributed by atoms with E-state index >= 15 is 0 Å². The molecule has 0 fully saturated rings. The molecular formula is C17H25NO3. The predicted molar refractivity (Wildman–Crippen MR) is 82.3 cm³/mol. The van der Waals surface area contributed by atoms with E-state index in [1.54, 1.807) is 0 Å². The molecule has 0 saturated heterocycles. The van der Waals surface area contributed by atoms with Gasteiger partial charge >= 0.3 is 0 Å². The Bertz CT molecular complexity index is 505. The van der Waals surface area contributed by atoms with Gasteiger partial charge in [-0.2, -0.15) is 0 Å². The van der Waals surface area contributed by atoms with Crippen LogP contribution < -0.4 is 14.8 Å². The molecule has 1 N–H and O–H groups in total. The van der Waals surface area contributed by atoms with E-state index in [4.69, 9.17) is 9.47 Å². The van der Waals surface area contributed by atoms with Crippen LogP contribution in [0.5, 0.6) is 11.5 Å². The number of fused-ring (bicyclic) bond motifs is 1. The topological polar surface area (TPSA) is 47.6 Å². The number of hydrogen-bond acceptors (Lipinski definition) is 3. The molecule has 116 valence electrons. The molecule has 1 heterocycles. The first kappa shape index (κ1) is 15.7. The van der Waals surface area contributed by atoms with Crippen LogP contribution in [0.4, 0.5) is 0 Å². The first-order chi connectivity index (χ1) is 9.83. The van der Waals surface area contributed by atoms with E-state index in [2.05, 4.69) is 33.0 Å². The lowest BCUT2D eigenvalue weighted by Crippen LogP contribution is -2.25. The van der Waals surface area contributed by atoms with E-state index < -0.39 is 0 Å². The van der Waals surface area contributed by atoms with Gasteiger partial charge in [0.05, 0.1) is 0 Å². The fourth-order valence-corrected chi connectivity index (χ4v) is 2.76. The molecule has 1 aliphatic heterocycles. The Labute approximate surface area is 126 Å². The fourth-order valence-electron chi connectivity index (χ4n) is 2.76. The summed E-state index contributed by atoms with van der Waals surface area (Å²) in [6.45, 7) is 9.54. The van der Waals surface area contributed by atoms with Crippen LogP contribution in [-0.4, -0.2) is 12.7 Å². The summed E-state index contributed by atoms with van der Waals surface area (Å²) >= 11 is 0. The number of amides is 1. The third kappa shape index (κ3) is 4.96. The lowest BCUT2D eigenvalue weighted by molar-refractivity contribution is -0.122. The molecular weight excluding hydrogens is 266 g/mol. The molecule has 0 aliphatic carbocycles. The number of ether oxygens (including phenoxy) is 2.